The lowest BCUT2D eigenvalue weighted by atomic mass is 9.95. The summed E-state index contributed by atoms with van der Waals surface area (Å²) in [4.78, 5) is 11.0. The highest BCUT2D eigenvalue weighted by Crippen LogP contribution is 2.32. The van der Waals surface area contributed by atoms with Crippen LogP contribution in [0, 0.1) is 23.2 Å². The molecule has 0 unspecified atom stereocenters. The number of nitrogens with one attached hydrogen (secondary N) is 3. The van der Waals surface area contributed by atoms with Gasteiger partial charge in [-0.05, 0) is 69.3 Å². The number of aldehydes is 1. The van der Waals surface area contributed by atoms with Crippen LogP contribution in [0.2, 0.25) is 0 Å². The van der Waals surface area contributed by atoms with Gasteiger partial charge in [-0.25, -0.2) is 0 Å². The van der Waals surface area contributed by atoms with Gasteiger partial charge < -0.3 is 25.3 Å². The molecule has 3 aromatic rings. The standard InChI is InChI=1S/C27H28F3N3O2.C2H7N.C2H3N/c1-35-26-15-19(17-34)12-13-24(26)31-14-6-9-21-16-22-23(32-20-7-3-2-4-8-20)10-5-11-25(22)33(21)18-27(28,29)30;1-3-2;1-2-3/h5,10-13,15-17,20,31-32H,2-4,7-8,14,18H2,1H3;3H,1-2H3;1H3. The van der Waals surface area contributed by atoms with Crippen LogP contribution in [0.25, 0.3) is 10.9 Å². The average molecular weight is 570 g/mol. The monoisotopic (exact) mass is 569 g/mol. The quantitative estimate of drug-likeness (QED) is 0.219. The van der Waals surface area contributed by atoms with Gasteiger partial charge in [0.25, 0.3) is 0 Å². The highest BCUT2D eigenvalue weighted by molar-refractivity contribution is 5.94. The van der Waals surface area contributed by atoms with Gasteiger partial charge in [0.15, 0.2) is 0 Å². The molecule has 0 bridgehead atoms. The smallest absolute Gasteiger partial charge is 0.406 e. The number of anilines is 2. The topological polar surface area (TPSA) is 91.1 Å². The fraction of sp³-hybridized carbons (Fsp3) is 0.419. The molecule has 0 atom stereocenters. The van der Waals surface area contributed by atoms with Gasteiger partial charge >= 0.3 is 6.18 Å². The van der Waals surface area contributed by atoms with E-state index < -0.39 is 12.7 Å². The van der Waals surface area contributed by atoms with E-state index in [1.807, 2.05) is 20.2 Å². The highest BCUT2D eigenvalue weighted by Gasteiger charge is 2.30. The number of fused-ring (bicyclic) bond motifs is 1. The number of halogens is 3. The summed E-state index contributed by atoms with van der Waals surface area (Å²) < 4.78 is 46.8. The molecule has 1 aliphatic carbocycles. The number of rotatable bonds is 7. The molecule has 0 amide bonds. The van der Waals surface area contributed by atoms with Crippen molar-refractivity contribution in [1.82, 2.24) is 9.88 Å². The first kappa shape index (κ1) is 33.1. The summed E-state index contributed by atoms with van der Waals surface area (Å²) in [7, 11) is 5.25. The second-order valence-corrected chi connectivity index (χ2v) is 9.41. The molecule has 1 fully saturated rings. The molecular formula is C31H38F3N5O2. The van der Waals surface area contributed by atoms with E-state index in [2.05, 4.69) is 27.8 Å². The summed E-state index contributed by atoms with van der Waals surface area (Å²) >= 11 is 0. The van der Waals surface area contributed by atoms with Crippen molar-refractivity contribution < 1.29 is 22.7 Å². The Kier molecular flexibility index (Phi) is 13.6. The number of carbonyl (C=O) groups excluding carboxylic acids is 1. The second-order valence-electron chi connectivity index (χ2n) is 9.41. The minimum Gasteiger partial charge on any atom is -0.495 e. The van der Waals surface area contributed by atoms with E-state index >= 15 is 0 Å². The summed E-state index contributed by atoms with van der Waals surface area (Å²) in [6.45, 7) is 0.513. The summed E-state index contributed by atoms with van der Waals surface area (Å²) in [6, 6.07) is 14.2. The van der Waals surface area contributed by atoms with Gasteiger partial charge in [-0.2, -0.15) is 18.4 Å². The van der Waals surface area contributed by atoms with Gasteiger partial charge in [-0.3, -0.25) is 4.79 Å². The molecule has 2 aromatic carbocycles. The molecule has 4 rings (SSSR count). The van der Waals surface area contributed by atoms with Crippen molar-refractivity contribution in [3.05, 3.63) is 53.7 Å². The van der Waals surface area contributed by atoms with Crippen LogP contribution in [-0.2, 0) is 6.54 Å². The Morgan fingerprint density at radius 3 is 2.39 bits per heavy atom. The van der Waals surface area contributed by atoms with Crippen LogP contribution in [-0.4, -0.2) is 50.8 Å². The fourth-order valence-corrected chi connectivity index (χ4v) is 4.53. The van der Waals surface area contributed by atoms with Crippen molar-refractivity contribution in [2.45, 2.75) is 57.8 Å². The molecule has 7 nitrogen and oxygen atoms in total. The molecule has 220 valence electrons. The molecule has 3 N–H and O–H groups in total. The Balaban J connectivity index is 0.000000901. The summed E-state index contributed by atoms with van der Waals surface area (Å²) in [5, 5.41) is 17.4. The maximum Gasteiger partial charge on any atom is 0.406 e. The van der Waals surface area contributed by atoms with E-state index in [0.29, 0.717) is 34.3 Å². The lowest BCUT2D eigenvalue weighted by molar-refractivity contribution is -0.140. The molecule has 1 saturated carbocycles. The van der Waals surface area contributed by atoms with Crippen molar-refractivity contribution in [2.24, 2.45) is 0 Å². The van der Waals surface area contributed by atoms with E-state index in [-0.39, 0.29) is 6.54 Å². The minimum absolute atomic E-state index is 0.192. The number of hydrogen-bond donors (Lipinski definition) is 3. The van der Waals surface area contributed by atoms with Gasteiger partial charge in [0.05, 0.1) is 36.6 Å². The number of carbonyl (C=O) groups is 1. The normalized spacial score (nSPS) is 12.8. The van der Waals surface area contributed by atoms with E-state index in [9.17, 15) is 18.0 Å². The lowest BCUT2D eigenvalue weighted by Crippen LogP contribution is -2.22. The first-order chi connectivity index (χ1) is 19.7. The summed E-state index contributed by atoms with van der Waals surface area (Å²) in [5.74, 6) is 6.32. The number of hydrogen-bond acceptors (Lipinski definition) is 6. The van der Waals surface area contributed by atoms with Crippen molar-refractivity contribution in [2.75, 3.05) is 38.4 Å². The Morgan fingerprint density at radius 2 is 1.78 bits per heavy atom. The number of nitrogens with zero attached hydrogens (tertiary/aromatic N) is 2. The van der Waals surface area contributed by atoms with Crippen LogP contribution < -0.4 is 20.7 Å². The van der Waals surface area contributed by atoms with Crippen molar-refractivity contribution in [3.63, 3.8) is 0 Å². The molecule has 0 saturated heterocycles. The van der Waals surface area contributed by atoms with Crippen LogP contribution in [0.4, 0.5) is 24.5 Å². The van der Waals surface area contributed by atoms with Gasteiger partial charge in [-0.1, -0.05) is 31.2 Å². The fourth-order valence-electron chi connectivity index (χ4n) is 4.53. The molecule has 10 heteroatoms. The van der Waals surface area contributed by atoms with Gasteiger partial charge in [0, 0.05) is 29.6 Å². The third-order valence-electron chi connectivity index (χ3n) is 6.19. The van der Waals surface area contributed by atoms with Crippen molar-refractivity contribution in [3.8, 4) is 23.7 Å². The Bertz CT molecular complexity index is 1360. The highest BCUT2D eigenvalue weighted by atomic mass is 19.4. The number of nitriles is 1. The lowest BCUT2D eigenvalue weighted by Gasteiger charge is -2.24. The van der Waals surface area contributed by atoms with Gasteiger partial charge in [-0.15, -0.1) is 0 Å². The predicted molar refractivity (Wildman–Crippen MR) is 159 cm³/mol. The van der Waals surface area contributed by atoms with Crippen LogP contribution in [0.15, 0.2) is 42.5 Å². The molecule has 1 aromatic heterocycles. The molecule has 41 heavy (non-hydrogen) atoms. The third-order valence-corrected chi connectivity index (χ3v) is 6.19. The second kappa shape index (κ2) is 16.8. The molecule has 0 spiro atoms. The van der Waals surface area contributed by atoms with Crippen molar-refractivity contribution in [1.29, 1.82) is 5.26 Å². The number of benzene rings is 2. The zero-order chi connectivity index (χ0) is 30.3. The summed E-state index contributed by atoms with van der Waals surface area (Å²) in [5.41, 5.74) is 2.78. The van der Waals surface area contributed by atoms with Crippen LogP contribution in [0.3, 0.4) is 0 Å². The van der Waals surface area contributed by atoms with Gasteiger partial charge in [0.2, 0.25) is 0 Å². The van der Waals surface area contributed by atoms with E-state index in [4.69, 9.17) is 10.00 Å². The zero-order valence-electron chi connectivity index (χ0n) is 24.0. The zero-order valence-corrected chi connectivity index (χ0v) is 24.0. The number of methoxy groups -OCH3 is 1. The maximum atomic E-state index is 13.4. The van der Waals surface area contributed by atoms with Crippen LogP contribution in [0.1, 0.15) is 55.1 Å². The first-order valence-electron chi connectivity index (χ1n) is 13.4. The van der Waals surface area contributed by atoms with E-state index in [1.165, 1.54) is 25.0 Å². The first-order valence-corrected chi connectivity index (χ1v) is 13.4. The van der Waals surface area contributed by atoms with E-state index in [1.54, 1.807) is 42.5 Å². The maximum absolute atomic E-state index is 13.4. The Morgan fingerprint density at radius 1 is 1.10 bits per heavy atom. The summed E-state index contributed by atoms with van der Waals surface area (Å²) in [6.07, 6.45) is 2.03. The van der Waals surface area contributed by atoms with Crippen LogP contribution in [0.5, 0.6) is 5.75 Å². The molecule has 0 aliphatic heterocycles. The SMILES string of the molecule is CC#N.CNC.COc1cc(C=O)ccc1NCC#Cc1cc2c(NC3CCCCC3)cccc2n1CC(F)(F)F. The van der Waals surface area contributed by atoms with E-state index in [0.717, 1.165) is 43.0 Å². The van der Waals surface area contributed by atoms with Crippen LogP contribution >= 0.6 is 0 Å². The largest absolute Gasteiger partial charge is 0.495 e. The Labute approximate surface area is 240 Å². The van der Waals surface area contributed by atoms with Crippen molar-refractivity contribution >= 4 is 28.6 Å². The number of aromatic nitrogens is 1. The third kappa shape index (κ3) is 10.4. The molecular weight excluding hydrogens is 531 g/mol. The average Bonchev–Trinajstić information content (AvgIpc) is 3.29. The number of ether oxygens (including phenoxy) is 1. The van der Waals surface area contributed by atoms with Gasteiger partial charge in [0.1, 0.15) is 18.6 Å². The molecule has 1 heterocycles. The molecule has 0 radical (unpaired) electrons. The Hall–Kier alpha value is -4.15. The number of alkyl halides is 3. The molecule has 1 aliphatic rings. The predicted octanol–water partition coefficient (Wildman–Crippen LogP) is 6.60. The minimum atomic E-state index is -4.37.